The first-order valence-electron chi connectivity index (χ1n) is 7.91. The zero-order valence-corrected chi connectivity index (χ0v) is 18.9. The van der Waals surface area contributed by atoms with Crippen molar-refractivity contribution in [2.45, 2.75) is 18.3 Å². The predicted molar refractivity (Wildman–Crippen MR) is 105 cm³/mol. The van der Waals surface area contributed by atoms with Gasteiger partial charge in [-0.3, -0.25) is 24.0 Å². The topological polar surface area (TPSA) is 132 Å². The lowest BCUT2D eigenvalue weighted by Crippen LogP contribution is -2.50. The number of halogens is 5. The molecule has 0 bridgehead atoms. The fourth-order valence-corrected chi connectivity index (χ4v) is 2.14. The van der Waals surface area contributed by atoms with Crippen molar-refractivity contribution in [1.82, 2.24) is 0 Å². The molecular weight excluding hydrogens is 517 g/mol. The molecule has 0 heterocycles. The lowest BCUT2D eigenvalue weighted by Gasteiger charge is -2.31. The van der Waals surface area contributed by atoms with Gasteiger partial charge in [-0.05, 0) is 0 Å². The molecule has 0 aliphatic carbocycles. The number of rotatable bonds is 14. The lowest BCUT2D eigenvalue weighted by atomic mass is 10.1. The van der Waals surface area contributed by atoms with Gasteiger partial charge in [-0.15, -0.1) is 58.0 Å². The first kappa shape index (κ1) is 28.8. The molecule has 0 saturated carbocycles. The van der Waals surface area contributed by atoms with Crippen LogP contribution in [-0.2, 0) is 47.7 Å². The molecule has 30 heavy (non-hydrogen) atoms. The Bertz CT molecular complexity index is 560. The monoisotopic (exact) mass is 532 g/mol. The minimum absolute atomic E-state index is 0.527. The Morgan fingerprint density at radius 3 is 1.10 bits per heavy atom. The summed E-state index contributed by atoms with van der Waals surface area (Å²) in [5.74, 6) is -7.69. The molecule has 0 N–H and O–H groups in total. The molecule has 0 aromatic heterocycles. The molecule has 0 amide bonds. The summed E-state index contributed by atoms with van der Waals surface area (Å²) in [5.41, 5.74) is 0. The van der Waals surface area contributed by atoms with Crippen LogP contribution in [-0.4, -0.2) is 90.8 Å². The van der Waals surface area contributed by atoms with Crippen LogP contribution in [0.3, 0.4) is 0 Å². The summed E-state index contributed by atoms with van der Waals surface area (Å²) < 4.78 is 24.8. The van der Waals surface area contributed by atoms with Crippen LogP contribution >= 0.6 is 58.0 Å². The van der Waals surface area contributed by atoms with E-state index >= 15 is 0 Å². The number of esters is 5. The van der Waals surface area contributed by atoms with Crippen molar-refractivity contribution in [3.8, 4) is 0 Å². The molecule has 0 radical (unpaired) electrons. The molecular formula is C15H17Cl5O10. The number of hydrogen-bond donors (Lipinski definition) is 0. The molecule has 10 nitrogen and oxygen atoms in total. The average molecular weight is 535 g/mol. The molecule has 0 aromatic carbocycles. The van der Waals surface area contributed by atoms with Gasteiger partial charge in [0.05, 0.1) is 0 Å². The molecule has 0 rings (SSSR count). The molecule has 172 valence electrons. The van der Waals surface area contributed by atoms with Gasteiger partial charge in [0.25, 0.3) is 0 Å². The molecule has 0 spiro atoms. The van der Waals surface area contributed by atoms with Crippen LogP contribution < -0.4 is 0 Å². The maximum atomic E-state index is 11.8. The van der Waals surface area contributed by atoms with Gasteiger partial charge in [-0.1, -0.05) is 0 Å². The van der Waals surface area contributed by atoms with Crippen LogP contribution in [0.1, 0.15) is 0 Å². The largest absolute Gasteiger partial charge is 0.461 e. The molecule has 0 aliphatic heterocycles. The summed E-state index contributed by atoms with van der Waals surface area (Å²) in [4.78, 5) is 57.9. The van der Waals surface area contributed by atoms with Gasteiger partial charge in [-0.2, -0.15) is 0 Å². The Morgan fingerprint density at radius 1 is 0.500 bits per heavy atom. The Balaban J connectivity index is 5.89. The fraction of sp³-hybridized carbons (Fsp3) is 0.667. The van der Waals surface area contributed by atoms with Gasteiger partial charge in [0.1, 0.15) is 42.6 Å². The highest BCUT2D eigenvalue weighted by molar-refractivity contribution is 6.27. The average Bonchev–Trinajstić information content (AvgIpc) is 2.76. The Kier molecular flexibility index (Phi) is 15.8. The fourth-order valence-electron chi connectivity index (χ4n) is 1.79. The highest BCUT2D eigenvalue weighted by Gasteiger charge is 2.40. The third-order valence-electron chi connectivity index (χ3n) is 2.93. The minimum Gasteiger partial charge on any atom is -0.461 e. The van der Waals surface area contributed by atoms with Crippen molar-refractivity contribution in [2.24, 2.45) is 0 Å². The van der Waals surface area contributed by atoms with E-state index in [0.717, 1.165) is 0 Å². The third kappa shape index (κ3) is 11.8. The normalized spacial score (nSPS) is 13.4. The Labute approximate surface area is 196 Å². The van der Waals surface area contributed by atoms with Crippen LogP contribution in [0.25, 0.3) is 0 Å². The van der Waals surface area contributed by atoms with Gasteiger partial charge in [0, 0.05) is 0 Å². The summed E-state index contributed by atoms with van der Waals surface area (Å²) in [6, 6.07) is 0. The summed E-state index contributed by atoms with van der Waals surface area (Å²) >= 11 is 26.9. The lowest BCUT2D eigenvalue weighted by molar-refractivity contribution is -0.193. The second-order valence-electron chi connectivity index (χ2n) is 5.05. The van der Waals surface area contributed by atoms with Gasteiger partial charge in [0.15, 0.2) is 18.3 Å². The highest BCUT2D eigenvalue weighted by atomic mass is 35.5. The summed E-state index contributed by atoms with van der Waals surface area (Å²) in [6.45, 7) is -1.35. The number of carbonyl (C=O) groups excluding carboxylic acids is 5. The molecule has 0 aromatic rings. The van der Waals surface area contributed by atoms with Crippen molar-refractivity contribution >= 4 is 87.9 Å². The maximum absolute atomic E-state index is 11.8. The molecule has 2 unspecified atom stereocenters. The standard InChI is InChI=1S/C15H17Cl5O10/c16-1-10(21)26-6-8(28-12(23)3-18)15(30-14(25)5-20)9(29-13(24)4-19)7-27-11(22)2-17/h8-9,15H,1-7H2. The zero-order chi connectivity index (χ0) is 23.1. The van der Waals surface area contributed by atoms with E-state index in [-0.39, 0.29) is 0 Å². The molecule has 0 saturated heterocycles. The molecule has 2 atom stereocenters. The van der Waals surface area contributed by atoms with E-state index in [9.17, 15) is 24.0 Å². The van der Waals surface area contributed by atoms with E-state index in [0.29, 0.717) is 0 Å². The predicted octanol–water partition coefficient (Wildman–Crippen LogP) is 1.00. The van der Waals surface area contributed by atoms with Crippen molar-refractivity contribution < 1.29 is 47.7 Å². The third-order valence-corrected chi connectivity index (χ3v) is 4.02. The summed E-state index contributed by atoms with van der Waals surface area (Å²) in [6.07, 6.45) is -4.72. The van der Waals surface area contributed by atoms with Crippen LogP contribution in [0.15, 0.2) is 0 Å². The maximum Gasteiger partial charge on any atom is 0.321 e. The van der Waals surface area contributed by atoms with Crippen LogP contribution in [0, 0.1) is 0 Å². The number of ether oxygens (including phenoxy) is 5. The minimum atomic E-state index is -1.64. The van der Waals surface area contributed by atoms with E-state index in [1.165, 1.54) is 0 Å². The van der Waals surface area contributed by atoms with Crippen molar-refractivity contribution in [3.63, 3.8) is 0 Å². The van der Waals surface area contributed by atoms with Crippen molar-refractivity contribution in [2.75, 3.05) is 42.6 Å². The summed E-state index contributed by atoms with van der Waals surface area (Å²) in [5, 5.41) is 0. The van der Waals surface area contributed by atoms with Crippen LogP contribution in [0.5, 0.6) is 0 Å². The van der Waals surface area contributed by atoms with E-state index in [1.54, 1.807) is 0 Å². The second-order valence-corrected chi connectivity index (χ2v) is 6.38. The van der Waals surface area contributed by atoms with E-state index in [4.69, 9.17) is 81.7 Å². The van der Waals surface area contributed by atoms with Crippen molar-refractivity contribution in [3.05, 3.63) is 0 Å². The molecule has 15 heteroatoms. The van der Waals surface area contributed by atoms with Gasteiger partial charge >= 0.3 is 29.8 Å². The summed E-state index contributed by atoms with van der Waals surface area (Å²) in [7, 11) is 0. The first-order valence-corrected chi connectivity index (χ1v) is 10.6. The Morgan fingerprint density at radius 2 is 0.800 bits per heavy atom. The van der Waals surface area contributed by atoms with Gasteiger partial charge in [-0.25, -0.2) is 0 Å². The first-order chi connectivity index (χ1) is 14.2. The van der Waals surface area contributed by atoms with E-state index < -0.39 is 90.8 Å². The number of alkyl halides is 5. The van der Waals surface area contributed by atoms with E-state index in [1.807, 2.05) is 0 Å². The second kappa shape index (κ2) is 16.5. The van der Waals surface area contributed by atoms with Crippen LogP contribution in [0.4, 0.5) is 0 Å². The quantitative estimate of drug-likeness (QED) is 0.181. The zero-order valence-electron chi connectivity index (χ0n) is 15.2. The Hall–Kier alpha value is -1.20. The van der Waals surface area contributed by atoms with Crippen LogP contribution in [0.2, 0.25) is 0 Å². The smallest absolute Gasteiger partial charge is 0.321 e. The van der Waals surface area contributed by atoms with E-state index in [2.05, 4.69) is 0 Å². The van der Waals surface area contributed by atoms with Gasteiger partial charge < -0.3 is 23.7 Å². The number of hydrogen-bond acceptors (Lipinski definition) is 10. The SMILES string of the molecule is O=C(CCl)OCC(OC(=O)CCl)C(OC(=O)CCl)C(COC(=O)CCl)OC(=O)CCl. The van der Waals surface area contributed by atoms with Crippen molar-refractivity contribution in [1.29, 1.82) is 0 Å². The van der Waals surface area contributed by atoms with Gasteiger partial charge in [0.2, 0.25) is 0 Å². The number of carbonyl (C=O) groups is 5. The highest BCUT2D eigenvalue weighted by Crippen LogP contribution is 2.17. The molecule has 0 fully saturated rings. The molecule has 0 aliphatic rings.